The van der Waals surface area contributed by atoms with Gasteiger partial charge in [0, 0.05) is 18.1 Å². The molecule has 1 heterocycles. The fourth-order valence-corrected chi connectivity index (χ4v) is 2.51. The molecule has 0 spiro atoms. The molecule has 1 aliphatic heterocycles. The van der Waals surface area contributed by atoms with Gasteiger partial charge in [-0.25, -0.2) is 0 Å². The Balaban J connectivity index is 2.21. The van der Waals surface area contributed by atoms with E-state index in [4.69, 9.17) is 0 Å². The Morgan fingerprint density at radius 2 is 1.94 bits per heavy atom. The first-order valence-corrected chi connectivity index (χ1v) is 6.95. The van der Waals surface area contributed by atoms with Gasteiger partial charge in [0.05, 0.1) is 0 Å². The maximum absolute atomic E-state index is 3.80. The van der Waals surface area contributed by atoms with Gasteiger partial charge in [0.15, 0.2) is 0 Å². The van der Waals surface area contributed by atoms with Gasteiger partial charge in [0.2, 0.25) is 0 Å². The molecule has 3 unspecified atom stereocenters. The molecule has 1 fully saturated rings. The summed E-state index contributed by atoms with van der Waals surface area (Å²) in [5.74, 6) is 0.834. The molecular formula is C14H30N2. The zero-order valence-electron chi connectivity index (χ0n) is 11.8. The van der Waals surface area contributed by atoms with Crippen molar-refractivity contribution in [2.75, 3.05) is 13.6 Å². The van der Waals surface area contributed by atoms with Crippen molar-refractivity contribution in [1.82, 2.24) is 10.2 Å². The van der Waals surface area contributed by atoms with Crippen LogP contribution in [0.4, 0.5) is 0 Å². The zero-order chi connectivity index (χ0) is 12.1. The van der Waals surface area contributed by atoms with Crippen LogP contribution < -0.4 is 5.32 Å². The van der Waals surface area contributed by atoms with Crippen LogP contribution in [0.25, 0.3) is 0 Å². The first-order chi connectivity index (χ1) is 7.49. The van der Waals surface area contributed by atoms with Crippen LogP contribution in [-0.2, 0) is 0 Å². The minimum absolute atomic E-state index is 0.683. The van der Waals surface area contributed by atoms with Gasteiger partial charge >= 0.3 is 0 Å². The Bertz CT molecular complexity index is 191. The lowest BCUT2D eigenvalue weighted by atomic mass is 9.97. The van der Waals surface area contributed by atoms with Gasteiger partial charge in [0.1, 0.15) is 0 Å². The van der Waals surface area contributed by atoms with E-state index in [0.29, 0.717) is 6.04 Å². The van der Waals surface area contributed by atoms with E-state index in [2.05, 4.69) is 45.0 Å². The summed E-state index contributed by atoms with van der Waals surface area (Å²) < 4.78 is 0. The molecule has 1 aliphatic rings. The molecule has 0 aromatic rings. The molecule has 0 bridgehead atoms. The van der Waals surface area contributed by atoms with Crippen molar-refractivity contribution < 1.29 is 0 Å². The zero-order valence-corrected chi connectivity index (χ0v) is 11.8. The Morgan fingerprint density at radius 3 is 2.50 bits per heavy atom. The third kappa shape index (κ3) is 4.84. The van der Waals surface area contributed by atoms with Crippen LogP contribution in [0.1, 0.15) is 53.4 Å². The molecule has 1 rings (SSSR count). The van der Waals surface area contributed by atoms with Crippen LogP contribution in [0.5, 0.6) is 0 Å². The van der Waals surface area contributed by atoms with Crippen molar-refractivity contribution >= 4 is 0 Å². The highest BCUT2D eigenvalue weighted by Gasteiger charge is 2.23. The summed E-state index contributed by atoms with van der Waals surface area (Å²) in [6.45, 7) is 10.5. The molecule has 3 atom stereocenters. The molecule has 2 heteroatoms. The number of hydrogen-bond acceptors (Lipinski definition) is 2. The first kappa shape index (κ1) is 14.0. The monoisotopic (exact) mass is 226 g/mol. The summed E-state index contributed by atoms with van der Waals surface area (Å²) in [7, 11) is 2.24. The van der Waals surface area contributed by atoms with Gasteiger partial charge in [-0.3, -0.25) is 0 Å². The SMILES string of the molecule is CC(C)CCC(C)NC1CCN(C)C(C)C1. The fourth-order valence-electron chi connectivity index (χ4n) is 2.51. The van der Waals surface area contributed by atoms with E-state index in [1.54, 1.807) is 0 Å². The molecule has 16 heavy (non-hydrogen) atoms. The normalized spacial score (nSPS) is 29.6. The summed E-state index contributed by atoms with van der Waals surface area (Å²) in [4.78, 5) is 2.47. The molecule has 0 saturated carbocycles. The van der Waals surface area contributed by atoms with Crippen LogP contribution in [0.15, 0.2) is 0 Å². The highest BCUT2D eigenvalue weighted by molar-refractivity contribution is 4.82. The maximum Gasteiger partial charge on any atom is 0.00964 e. The minimum atomic E-state index is 0.683. The lowest BCUT2D eigenvalue weighted by Gasteiger charge is -2.36. The molecule has 0 radical (unpaired) electrons. The predicted octanol–water partition coefficient (Wildman–Crippen LogP) is 2.88. The highest BCUT2D eigenvalue weighted by Crippen LogP contribution is 2.16. The third-order valence-corrected chi connectivity index (χ3v) is 3.91. The van der Waals surface area contributed by atoms with Crippen molar-refractivity contribution in [2.24, 2.45) is 5.92 Å². The lowest BCUT2D eigenvalue weighted by molar-refractivity contribution is 0.162. The van der Waals surface area contributed by atoms with Crippen molar-refractivity contribution in [1.29, 1.82) is 0 Å². The standard InChI is InChI=1S/C14H30N2/c1-11(2)6-7-12(3)15-14-8-9-16(5)13(4)10-14/h11-15H,6-10H2,1-5H3. The van der Waals surface area contributed by atoms with Crippen LogP contribution in [0, 0.1) is 5.92 Å². The van der Waals surface area contributed by atoms with Gasteiger partial charge in [-0.2, -0.15) is 0 Å². The van der Waals surface area contributed by atoms with E-state index < -0.39 is 0 Å². The first-order valence-electron chi connectivity index (χ1n) is 6.95. The van der Waals surface area contributed by atoms with E-state index in [1.165, 1.54) is 32.2 Å². The Kier molecular flexibility index (Phi) is 5.77. The number of piperidine rings is 1. The molecule has 0 aliphatic carbocycles. The summed E-state index contributed by atoms with van der Waals surface area (Å²) in [6, 6.07) is 2.17. The summed E-state index contributed by atoms with van der Waals surface area (Å²) in [5.41, 5.74) is 0. The number of rotatable bonds is 5. The lowest BCUT2D eigenvalue weighted by Crippen LogP contribution is -2.48. The second-order valence-electron chi connectivity index (χ2n) is 6.09. The fraction of sp³-hybridized carbons (Fsp3) is 1.00. The van der Waals surface area contributed by atoms with Gasteiger partial charge in [-0.1, -0.05) is 13.8 Å². The van der Waals surface area contributed by atoms with Crippen LogP contribution >= 0.6 is 0 Å². The smallest absolute Gasteiger partial charge is 0.00964 e. The predicted molar refractivity (Wildman–Crippen MR) is 71.8 cm³/mol. The molecule has 0 aromatic heterocycles. The summed E-state index contributed by atoms with van der Waals surface area (Å²) >= 11 is 0. The van der Waals surface area contributed by atoms with E-state index in [9.17, 15) is 0 Å². The van der Waals surface area contributed by atoms with Crippen LogP contribution in [0.2, 0.25) is 0 Å². The Labute approximate surface area is 102 Å². The molecule has 0 aromatic carbocycles. The largest absolute Gasteiger partial charge is 0.311 e. The average molecular weight is 226 g/mol. The summed E-state index contributed by atoms with van der Waals surface area (Å²) in [5, 5.41) is 3.80. The summed E-state index contributed by atoms with van der Waals surface area (Å²) in [6.07, 6.45) is 5.28. The van der Waals surface area contributed by atoms with Gasteiger partial charge in [-0.15, -0.1) is 0 Å². The number of nitrogens with zero attached hydrogens (tertiary/aromatic N) is 1. The third-order valence-electron chi connectivity index (χ3n) is 3.91. The maximum atomic E-state index is 3.80. The van der Waals surface area contributed by atoms with Crippen LogP contribution in [-0.4, -0.2) is 36.6 Å². The number of nitrogens with one attached hydrogen (secondary N) is 1. The topological polar surface area (TPSA) is 15.3 Å². The van der Waals surface area contributed by atoms with Gasteiger partial charge < -0.3 is 10.2 Å². The molecule has 1 saturated heterocycles. The average Bonchev–Trinajstić information content (AvgIpc) is 2.21. The molecule has 96 valence electrons. The minimum Gasteiger partial charge on any atom is -0.311 e. The highest BCUT2D eigenvalue weighted by atomic mass is 15.1. The molecule has 2 nitrogen and oxygen atoms in total. The number of hydrogen-bond donors (Lipinski definition) is 1. The van der Waals surface area contributed by atoms with Gasteiger partial charge in [-0.05, 0) is 59.0 Å². The second kappa shape index (κ2) is 6.61. The van der Waals surface area contributed by atoms with Crippen molar-refractivity contribution in [3.63, 3.8) is 0 Å². The van der Waals surface area contributed by atoms with Crippen molar-refractivity contribution in [3.05, 3.63) is 0 Å². The van der Waals surface area contributed by atoms with E-state index in [-0.39, 0.29) is 0 Å². The van der Waals surface area contributed by atoms with Crippen molar-refractivity contribution in [3.8, 4) is 0 Å². The second-order valence-corrected chi connectivity index (χ2v) is 6.09. The molecule has 0 amide bonds. The Hall–Kier alpha value is -0.0800. The number of likely N-dealkylation sites (tertiary alicyclic amines) is 1. The van der Waals surface area contributed by atoms with E-state index in [0.717, 1.165) is 18.0 Å². The molecular weight excluding hydrogens is 196 g/mol. The van der Waals surface area contributed by atoms with Crippen LogP contribution in [0.3, 0.4) is 0 Å². The van der Waals surface area contributed by atoms with Crippen molar-refractivity contribution in [2.45, 2.75) is 71.5 Å². The quantitative estimate of drug-likeness (QED) is 0.775. The van der Waals surface area contributed by atoms with E-state index in [1.807, 2.05) is 0 Å². The van der Waals surface area contributed by atoms with Gasteiger partial charge in [0.25, 0.3) is 0 Å². The molecule has 1 N–H and O–H groups in total. The van der Waals surface area contributed by atoms with E-state index >= 15 is 0 Å². The Morgan fingerprint density at radius 1 is 1.25 bits per heavy atom.